The first-order chi connectivity index (χ1) is 6.72. The van der Waals surface area contributed by atoms with Gasteiger partial charge in [0.25, 0.3) is 0 Å². The van der Waals surface area contributed by atoms with Crippen LogP contribution >= 0.6 is 0 Å². The molecule has 1 rings (SSSR count). The summed E-state index contributed by atoms with van der Waals surface area (Å²) in [6.45, 7) is 5.51. The molecule has 78 valence electrons. The Morgan fingerprint density at radius 3 is 3.00 bits per heavy atom. The Morgan fingerprint density at radius 2 is 2.36 bits per heavy atom. The van der Waals surface area contributed by atoms with Crippen LogP contribution in [0.4, 0.5) is 0 Å². The Kier molecular flexibility index (Phi) is 4.49. The zero-order chi connectivity index (χ0) is 10.4. The molecule has 0 fully saturated rings. The highest BCUT2D eigenvalue weighted by atomic mass is 16.5. The summed E-state index contributed by atoms with van der Waals surface area (Å²) in [5.74, 6) is 0.809. The molecule has 0 aromatic carbocycles. The van der Waals surface area contributed by atoms with Gasteiger partial charge >= 0.3 is 0 Å². The van der Waals surface area contributed by atoms with Crippen molar-refractivity contribution >= 4 is 0 Å². The number of nitrogens with one attached hydrogen (secondary N) is 1. The van der Waals surface area contributed by atoms with Crippen molar-refractivity contribution in [3.8, 4) is 0 Å². The first kappa shape index (κ1) is 11.1. The van der Waals surface area contributed by atoms with Gasteiger partial charge in [-0.3, -0.25) is 0 Å². The van der Waals surface area contributed by atoms with E-state index in [0.717, 1.165) is 24.6 Å². The number of ether oxygens (including phenoxy) is 1. The standard InChI is InChI=1S/C10H17N3O/c1-8(14-3)6-11-7-10-4-5-12-9(2)13-10/h4-5,8,11H,6-7H2,1-3H3. The van der Waals surface area contributed by atoms with Gasteiger partial charge in [0.05, 0.1) is 11.8 Å². The van der Waals surface area contributed by atoms with Crippen molar-refractivity contribution in [2.45, 2.75) is 26.5 Å². The molecule has 0 radical (unpaired) electrons. The van der Waals surface area contributed by atoms with E-state index in [1.54, 1.807) is 13.3 Å². The van der Waals surface area contributed by atoms with Crippen molar-refractivity contribution in [1.29, 1.82) is 0 Å². The lowest BCUT2D eigenvalue weighted by Crippen LogP contribution is -2.25. The van der Waals surface area contributed by atoms with Crippen LogP contribution in [0.25, 0.3) is 0 Å². The number of nitrogens with zero attached hydrogens (tertiary/aromatic N) is 2. The van der Waals surface area contributed by atoms with Crippen molar-refractivity contribution in [3.63, 3.8) is 0 Å². The molecule has 14 heavy (non-hydrogen) atoms. The van der Waals surface area contributed by atoms with Gasteiger partial charge in [-0.05, 0) is 19.9 Å². The predicted molar refractivity (Wildman–Crippen MR) is 54.9 cm³/mol. The number of hydrogen-bond acceptors (Lipinski definition) is 4. The summed E-state index contributed by atoms with van der Waals surface area (Å²) < 4.78 is 5.12. The Labute approximate surface area is 84.7 Å². The molecule has 1 atom stereocenters. The second-order valence-corrected chi connectivity index (χ2v) is 3.27. The maximum atomic E-state index is 5.12. The summed E-state index contributed by atoms with van der Waals surface area (Å²) >= 11 is 0. The molecule has 1 heterocycles. The third-order valence-electron chi connectivity index (χ3n) is 1.97. The fourth-order valence-corrected chi connectivity index (χ4v) is 1.09. The summed E-state index contributed by atoms with van der Waals surface area (Å²) in [6.07, 6.45) is 2.01. The van der Waals surface area contributed by atoms with E-state index >= 15 is 0 Å². The zero-order valence-corrected chi connectivity index (χ0v) is 8.95. The Bertz CT molecular complexity index is 278. The maximum Gasteiger partial charge on any atom is 0.125 e. The molecular formula is C10H17N3O. The minimum absolute atomic E-state index is 0.234. The van der Waals surface area contributed by atoms with Crippen LogP contribution in [0.2, 0.25) is 0 Å². The smallest absolute Gasteiger partial charge is 0.125 e. The third kappa shape index (κ3) is 3.81. The molecule has 4 heteroatoms. The zero-order valence-electron chi connectivity index (χ0n) is 8.95. The van der Waals surface area contributed by atoms with E-state index in [0.29, 0.717) is 0 Å². The largest absolute Gasteiger partial charge is 0.380 e. The van der Waals surface area contributed by atoms with Gasteiger partial charge in [-0.15, -0.1) is 0 Å². The molecular weight excluding hydrogens is 178 g/mol. The van der Waals surface area contributed by atoms with Crippen LogP contribution in [0.3, 0.4) is 0 Å². The van der Waals surface area contributed by atoms with Crippen molar-refractivity contribution in [2.24, 2.45) is 0 Å². The second kappa shape index (κ2) is 5.67. The molecule has 0 spiro atoms. The predicted octanol–water partition coefficient (Wildman–Crippen LogP) is 0.910. The van der Waals surface area contributed by atoms with Crippen LogP contribution in [-0.4, -0.2) is 29.7 Å². The normalized spacial score (nSPS) is 12.8. The average Bonchev–Trinajstić information content (AvgIpc) is 2.17. The van der Waals surface area contributed by atoms with E-state index in [1.165, 1.54) is 0 Å². The molecule has 0 saturated carbocycles. The number of rotatable bonds is 5. The molecule has 1 unspecified atom stereocenters. The highest BCUT2D eigenvalue weighted by Crippen LogP contribution is 1.94. The van der Waals surface area contributed by atoms with Gasteiger partial charge in [0.1, 0.15) is 5.82 Å². The second-order valence-electron chi connectivity index (χ2n) is 3.27. The van der Waals surface area contributed by atoms with Crippen LogP contribution in [0.5, 0.6) is 0 Å². The van der Waals surface area contributed by atoms with E-state index in [2.05, 4.69) is 15.3 Å². The lowest BCUT2D eigenvalue weighted by molar-refractivity contribution is 0.117. The lowest BCUT2D eigenvalue weighted by atomic mass is 10.3. The number of aryl methyl sites for hydroxylation is 1. The fourth-order valence-electron chi connectivity index (χ4n) is 1.09. The summed E-state index contributed by atoms with van der Waals surface area (Å²) in [4.78, 5) is 8.32. The molecule has 4 nitrogen and oxygen atoms in total. The molecule has 1 N–H and O–H groups in total. The first-order valence-electron chi connectivity index (χ1n) is 4.74. The van der Waals surface area contributed by atoms with Gasteiger partial charge in [0.15, 0.2) is 0 Å². The highest BCUT2D eigenvalue weighted by Gasteiger charge is 1.99. The molecule has 1 aromatic heterocycles. The number of aromatic nitrogens is 2. The molecule has 0 aliphatic carbocycles. The molecule has 0 amide bonds. The Hall–Kier alpha value is -1.00. The van der Waals surface area contributed by atoms with Crippen molar-refractivity contribution in [2.75, 3.05) is 13.7 Å². The topological polar surface area (TPSA) is 47.0 Å². The Balaban J connectivity index is 2.31. The Morgan fingerprint density at radius 1 is 1.57 bits per heavy atom. The lowest BCUT2D eigenvalue weighted by Gasteiger charge is -2.10. The monoisotopic (exact) mass is 195 g/mol. The SMILES string of the molecule is COC(C)CNCc1ccnc(C)n1. The summed E-state index contributed by atoms with van der Waals surface area (Å²) in [6, 6.07) is 1.91. The van der Waals surface area contributed by atoms with Gasteiger partial charge in [0, 0.05) is 26.4 Å². The average molecular weight is 195 g/mol. The first-order valence-corrected chi connectivity index (χ1v) is 4.74. The minimum Gasteiger partial charge on any atom is -0.380 e. The van der Waals surface area contributed by atoms with Crippen LogP contribution in [0.1, 0.15) is 18.4 Å². The molecule has 0 saturated heterocycles. The maximum absolute atomic E-state index is 5.12. The van der Waals surface area contributed by atoms with E-state index in [1.807, 2.05) is 19.9 Å². The van der Waals surface area contributed by atoms with Crippen LogP contribution in [0, 0.1) is 6.92 Å². The van der Waals surface area contributed by atoms with Crippen molar-refractivity contribution in [3.05, 3.63) is 23.8 Å². The molecule has 0 aliphatic heterocycles. The van der Waals surface area contributed by atoms with Crippen LogP contribution in [-0.2, 0) is 11.3 Å². The molecule has 0 bridgehead atoms. The van der Waals surface area contributed by atoms with Crippen molar-refractivity contribution in [1.82, 2.24) is 15.3 Å². The van der Waals surface area contributed by atoms with Gasteiger partial charge in [0.2, 0.25) is 0 Å². The van der Waals surface area contributed by atoms with Crippen molar-refractivity contribution < 1.29 is 4.74 Å². The third-order valence-corrected chi connectivity index (χ3v) is 1.97. The number of hydrogen-bond donors (Lipinski definition) is 1. The number of methoxy groups -OCH3 is 1. The molecule has 0 aliphatic rings. The summed E-state index contributed by atoms with van der Waals surface area (Å²) in [5, 5.41) is 3.26. The fraction of sp³-hybridized carbons (Fsp3) is 0.600. The van der Waals surface area contributed by atoms with Crippen LogP contribution < -0.4 is 5.32 Å². The van der Waals surface area contributed by atoms with E-state index in [-0.39, 0.29) is 6.10 Å². The van der Waals surface area contributed by atoms with E-state index in [4.69, 9.17) is 4.74 Å². The van der Waals surface area contributed by atoms with Crippen LogP contribution in [0.15, 0.2) is 12.3 Å². The summed E-state index contributed by atoms with van der Waals surface area (Å²) in [5.41, 5.74) is 1.01. The minimum atomic E-state index is 0.234. The van der Waals surface area contributed by atoms with Gasteiger partial charge in [-0.2, -0.15) is 0 Å². The van der Waals surface area contributed by atoms with Gasteiger partial charge < -0.3 is 10.1 Å². The highest BCUT2D eigenvalue weighted by molar-refractivity contribution is 5.00. The van der Waals surface area contributed by atoms with E-state index in [9.17, 15) is 0 Å². The van der Waals surface area contributed by atoms with Gasteiger partial charge in [-0.1, -0.05) is 0 Å². The molecule has 1 aromatic rings. The summed E-state index contributed by atoms with van der Waals surface area (Å²) in [7, 11) is 1.71. The van der Waals surface area contributed by atoms with E-state index < -0.39 is 0 Å². The van der Waals surface area contributed by atoms with Gasteiger partial charge in [-0.25, -0.2) is 9.97 Å². The quantitative estimate of drug-likeness (QED) is 0.758.